The summed E-state index contributed by atoms with van der Waals surface area (Å²) in [4.78, 5) is 11.8. The number of thioether (sulfide) groups is 1. The molecule has 0 saturated heterocycles. The van der Waals surface area contributed by atoms with Crippen molar-refractivity contribution >= 4 is 17.7 Å². The largest absolute Gasteiger partial charge is 0.352 e. The lowest BCUT2D eigenvalue weighted by Crippen LogP contribution is -2.40. The summed E-state index contributed by atoms with van der Waals surface area (Å²) < 4.78 is 0. The van der Waals surface area contributed by atoms with E-state index in [9.17, 15) is 4.79 Å². The first-order valence-corrected chi connectivity index (χ1v) is 9.21. The minimum absolute atomic E-state index is 0.177. The first-order valence-electron chi connectivity index (χ1n) is 7.82. The summed E-state index contributed by atoms with van der Waals surface area (Å²) in [5, 5.41) is 6.41. The van der Waals surface area contributed by atoms with Crippen LogP contribution in [0.2, 0.25) is 0 Å². The molecule has 0 heterocycles. The van der Waals surface area contributed by atoms with E-state index in [0.717, 1.165) is 6.54 Å². The molecule has 1 fully saturated rings. The number of rotatable bonds is 9. The Morgan fingerprint density at radius 2 is 1.84 bits per heavy atom. The Bertz CT molecular complexity index is 228. The van der Waals surface area contributed by atoms with Gasteiger partial charge in [-0.1, -0.05) is 32.1 Å². The third-order valence-electron chi connectivity index (χ3n) is 3.71. The van der Waals surface area contributed by atoms with Crippen LogP contribution in [0, 0.1) is 0 Å². The van der Waals surface area contributed by atoms with Gasteiger partial charge in [0, 0.05) is 6.04 Å². The van der Waals surface area contributed by atoms with Gasteiger partial charge in [-0.3, -0.25) is 4.79 Å². The third kappa shape index (κ3) is 9.33. The lowest BCUT2D eigenvalue weighted by Gasteiger charge is -2.16. The molecule has 0 atom stereocenters. The fraction of sp³-hybridized carbons (Fsp3) is 0.933. The maximum absolute atomic E-state index is 11.8. The van der Waals surface area contributed by atoms with E-state index in [2.05, 4.69) is 16.9 Å². The highest BCUT2D eigenvalue weighted by Gasteiger charge is 2.13. The van der Waals surface area contributed by atoms with E-state index < -0.39 is 0 Å². The number of hydrogen-bond acceptors (Lipinski definition) is 3. The Morgan fingerprint density at radius 3 is 2.53 bits per heavy atom. The molecule has 0 unspecified atom stereocenters. The summed E-state index contributed by atoms with van der Waals surface area (Å²) in [5.74, 6) is 1.43. The zero-order chi connectivity index (χ0) is 13.8. The topological polar surface area (TPSA) is 41.1 Å². The fourth-order valence-corrected chi connectivity index (χ4v) is 3.07. The van der Waals surface area contributed by atoms with Crippen LogP contribution in [-0.4, -0.2) is 37.0 Å². The fourth-order valence-electron chi connectivity index (χ4n) is 2.58. The van der Waals surface area contributed by atoms with E-state index in [4.69, 9.17) is 0 Å². The molecular weight excluding hydrogens is 256 g/mol. The number of nitrogens with one attached hydrogen (secondary N) is 2. The smallest absolute Gasteiger partial charge is 0.234 e. The van der Waals surface area contributed by atoms with Crippen molar-refractivity contribution in [3.05, 3.63) is 0 Å². The predicted molar refractivity (Wildman–Crippen MR) is 84.7 cm³/mol. The lowest BCUT2D eigenvalue weighted by molar-refractivity contribution is -0.121. The van der Waals surface area contributed by atoms with Crippen molar-refractivity contribution in [3.8, 4) is 0 Å². The van der Waals surface area contributed by atoms with Gasteiger partial charge in [0.2, 0.25) is 5.91 Å². The van der Waals surface area contributed by atoms with E-state index in [1.807, 2.05) is 11.8 Å². The van der Waals surface area contributed by atoms with E-state index in [-0.39, 0.29) is 5.91 Å². The summed E-state index contributed by atoms with van der Waals surface area (Å²) in [6, 6.07) is 0.429. The molecule has 1 aliphatic carbocycles. The molecule has 0 spiro atoms. The summed E-state index contributed by atoms with van der Waals surface area (Å²) in [5.41, 5.74) is 0. The van der Waals surface area contributed by atoms with Gasteiger partial charge in [-0.05, 0) is 44.2 Å². The molecule has 0 bridgehead atoms. The molecule has 19 heavy (non-hydrogen) atoms. The molecule has 0 aromatic heterocycles. The van der Waals surface area contributed by atoms with Crippen LogP contribution in [0.15, 0.2) is 0 Å². The van der Waals surface area contributed by atoms with Crippen LogP contribution in [-0.2, 0) is 4.79 Å². The number of amides is 1. The zero-order valence-corrected chi connectivity index (χ0v) is 13.2. The minimum Gasteiger partial charge on any atom is -0.352 e. The second-order valence-corrected chi connectivity index (χ2v) is 6.47. The Hall–Kier alpha value is -0.220. The molecular formula is C15H30N2OS. The normalized spacial score (nSPS) is 17.1. The zero-order valence-electron chi connectivity index (χ0n) is 12.4. The standard InChI is InChI=1S/C15H30N2OS/c1-19-12-8-4-7-11-16-13-15(18)17-14-9-5-2-3-6-10-14/h14,16H,2-13H2,1H3,(H,17,18). The molecule has 1 rings (SSSR count). The van der Waals surface area contributed by atoms with Crippen LogP contribution in [0.25, 0.3) is 0 Å². The van der Waals surface area contributed by atoms with Crippen molar-refractivity contribution in [1.29, 1.82) is 0 Å². The maximum Gasteiger partial charge on any atom is 0.234 e. The average molecular weight is 286 g/mol. The first kappa shape index (κ1) is 16.8. The third-order valence-corrected chi connectivity index (χ3v) is 4.40. The Labute approximate surface area is 122 Å². The number of carbonyl (C=O) groups excluding carboxylic acids is 1. The Kier molecular flexibility index (Phi) is 10.3. The summed E-state index contributed by atoms with van der Waals surface area (Å²) in [7, 11) is 0. The Morgan fingerprint density at radius 1 is 1.11 bits per heavy atom. The summed E-state index contributed by atoms with van der Waals surface area (Å²) in [6.07, 6.45) is 13.4. The van der Waals surface area contributed by atoms with Crippen LogP contribution in [0.3, 0.4) is 0 Å². The van der Waals surface area contributed by atoms with Crippen molar-refractivity contribution in [3.63, 3.8) is 0 Å². The summed E-state index contributed by atoms with van der Waals surface area (Å²) >= 11 is 1.91. The van der Waals surface area contributed by atoms with Crippen molar-refractivity contribution in [2.75, 3.05) is 25.1 Å². The molecule has 4 heteroatoms. The van der Waals surface area contributed by atoms with Crippen molar-refractivity contribution < 1.29 is 4.79 Å². The highest BCUT2D eigenvalue weighted by atomic mass is 32.2. The van der Waals surface area contributed by atoms with E-state index in [0.29, 0.717) is 12.6 Å². The van der Waals surface area contributed by atoms with Gasteiger partial charge in [-0.2, -0.15) is 11.8 Å². The number of carbonyl (C=O) groups is 1. The van der Waals surface area contributed by atoms with Crippen LogP contribution in [0.1, 0.15) is 57.8 Å². The molecule has 0 aromatic carbocycles. The molecule has 3 nitrogen and oxygen atoms in total. The monoisotopic (exact) mass is 286 g/mol. The maximum atomic E-state index is 11.8. The molecule has 1 aliphatic rings. The Balaban J connectivity index is 1.95. The molecule has 2 N–H and O–H groups in total. The highest BCUT2D eigenvalue weighted by Crippen LogP contribution is 2.16. The predicted octanol–water partition coefficient (Wildman–Crippen LogP) is 2.95. The number of hydrogen-bond donors (Lipinski definition) is 2. The van der Waals surface area contributed by atoms with Crippen LogP contribution in [0.5, 0.6) is 0 Å². The second kappa shape index (κ2) is 11.6. The summed E-state index contributed by atoms with van der Waals surface area (Å²) in [6.45, 7) is 1.45. The van der Waals surface area contributed by atoms with Gasteiger partial charge in [-0.25, -0.2) is 0 Å². The molecule has 1 saturated carbocycles. The van der Waals surface area contributed by atoms with Crippen molar-refractivity contribution in [2.24, 2.45) is 0 Å². The lowest BCUT2D eigenvalue weighted by atomic mass is 10.1. The van der Waals surface area contributed by atoms with Crippen LogP contribution in [0.4, 0.5) is 0 Å². The van der Waals surface area contributed by atoms with Crippen LogP contribution >= 0.6 is 11.8 Å². The minimum atomic E-state index is 0.177. The van der Waals surface area contributed by atoms with E-state index in [1.165, 1.54) is 63.5 Å². The number of unbranched alkanes of at least 4 members (excludes halogenated alkanes) is 2. The molecule has 112 valence electrons. The van der Waals surface area contributed by atoms with E-state index in [1.54, 1.807) is 0 Å². The molecule has 1 amide bonds. The van der Waals surface area contributed by atoms with E-state index >= 15 is 0 Å². The average Bonchev–Trinajstić information content (AvgIpc) is 2.66. The van der Waals surface area contributed by atoms with Gasteiger partial charge in [-0.15, -0.1) is 0 Å². The van der Waals surface area contributed by atoms with Crippen molar-refractivity contribution in [2.45, 2.75) is 63.8 Å². The van der Waals surface area contributed by atoms with Crippen LogP contribution < -0.4 is 10.6 Å². The van der Waals surface area contributed by atoms with Gasteiger partial charge in [0.15, 0.2) is 0 Å². The molecule has 0 aliphatic heterocycles. The second-order valence-electron chi connectivity index (χ2n) is 5.49. The first-order chi connectivity index (χ1) is 9.33. The molecule has 0 radical (unpaired) electrons. The molecule has 0 aromatic rings. The highest BCUT2D eigenvalue weighted by molar-refractivity contribution is 7.98. The van der Waals surface area contributed by atoms with Gasteiger partial charge in [0.1, 0.15) is 0 Å². The van der Waals surface area contributed by atoms with Gasteiger partial charge in [0.25, 0.3) is 0 Å². The SMILES string of the molecule is CSCCCCCNCC(=O)NC1CCCCCC1. The van der Waals surface area contributed by atoms with Crippen molar-refractivity contribution in [1.82, 2.24) is 10.6 Å². The quantitative estimate of drug-likeness (QED) is 0.506. The van der Waals surface area contributed by atoms with Gasteiger partial charge >= 0.3 is 0 Å². The van der Waals surface area contributed by atoms with Gasteiger partial charge in [0.05, 0.1) is 6.54 Å². The van der Waals surface area contributed by atoms with Gasteiger partial charge < -0.3 is 10.6 Å².